The number of hydrogen-bond acceptors (Lipinski definition) is 3. The number of anilines is 2. The van der Waals surface area contributed by atoms with Crippen molar-refractivity contribution < 1.29 is 4.79 Å². The third kappa shape index (κ3) is 4.74. The molecule has 2 aromatic rings. The number of nitrogens with zero attached hydrogens (tertiary/aromatic N) is 2. The topological polar surface area (TPSA) is 35.6 Å². The molecule has 0 aromatic heterocycles. The summed E-state index contributed by atoms with van der Waals surface area (Å²) in [5.41, 5.74) is 4.85. The summed E-state index contributed by atoms with van der Waals surface area (Å²) in [6, 6.07) is 17.0. The summed E-state index contributed by atoms with van der Waals surface area (Å²) in [5.74, 6) is 0.288. The summed E-state index contributed by atoms with van der Waals surface area (Å²) in [5, 5.41) is 3.13. The van der Waals surface area contributed by atoms with Crippen molar-refractivity contribution in [1.29, 1.82) is 0 Å². The summed E-state index contributed by atoms with van der Waals surface area (Å²) in [6.45, 7) is 7.38. The highest BCUT2D eigenvalue weighted by molar-refractivity contribution is 5.92. The molecule has 0 atom stereocenters. The Morgan fingerprint density at radius 3 is 2.39 bits per heavy atom. The fourth-order valence-electron chi connectivity index (χ4n) is 4.40. The highest BCUT2D eigenvalue weighted by Gasteiger charge is 2.25. The first-order chi connectivity index (χ1) is 13.7. The molecule has 2 saturated heterocycles. The van der Waals surface area contributed by atoms with Crippen molar-refractivity contribution >= 4 is 17.3 Å². The second-order valence-corrected chi connectivity index (χ2v) is 8.27. The van der Waals surface area contributed by atoms with Crippen LogP contribution in [0.25, 0.3) is 0 Å². The molecular formula is C24H31N3O. The SMILES string of the molecule is Cc1cccc(CN2CCC(C(=O)Nc3ccc(N4CCCC4)cc3)CC2)c1. The minimum absolute atomic E-state index is 0.118. The molecule has 28 heavy (non-hydrogen) atoms. The lowest BCUT2D eigenvalue weighted by Crippen LogP contribution is -2.37. The molecule has 2 aliphatic heterocycles. The Hall–Kier alpha value is -2.33. The zero-order chi connectivity index (χ0) is 19.3. The van der Waals surface area contributed by atoms with Crippen molar-refractivity contribution in [2.24, 2.45) is 5.92 Å². The Balaban J connectivity index is 1.25. The number of nitrogens with one attached hydrogen (secondary N) is 1. The zero-order valence-corrected chi connectivity index (χ0v) is 16.9. The van der Waals surface area contributed by atoms with Crippen LogP contribution in [0.4, 0.5) is 11.4 Å². The molecule has 1 N–H and O–H groups in total. The van der Waals surface area contributed by atoms with Gasteiger partial charge in [-0.25, -0.2) is 0 Å². The lowest BCUT2D eigenvalue weighted by Gasteiger charge is -2.31. The van der Waals surface area contributed by atoms with E-state index >= 15 is 0 Å². The number of carbonyl (C=O) groups is 1. The maximum atomic E-state index is 12.7. The second kappa shape index (κ2) is 8.78. The minimum Gasteiger partial charge on any atom is -0.372 e. The number of benzene rings is 2. The van der Waals surface area contributed by atoms with E-state index in [1.807, 2.05) is 12.1 Å². The molecule has 2 fully saturated rings. The van der Waals surface area contributed by atoms with Crippen molar-refractivity contribution in [3.8, 4) is 0 Å². The molecule has 4 heteroatoms. The van der Waals surface area contributed by atoms with Crippen LogP contribution in [0.5, 0.6) is 0 Å². The summed E-state index contributed by atoms with van der Waals surface area (Å²) in [4.78, 5) is 17.6. The lowest BCUT2D eigenvalue weighted by molar-refractivity contribution is -0.121. The molecule has 0 bridgehead atoms. The van der Waals surface area contributed by atoms with Crippen molar-refractivity contribution in [1.82, 2.24) is 4.90 Å². The number of aryl methyl sites for hydroxylation is 1. The third-order valence-electron chi connectivity index (χ3n) is 6.05. The van der Waals surface area contributed by atoms with E-state index in [0.29, 0.717) is 0 Å². The predicted octanol–water partition coefficient (Wildman–Crippen LogP) is 4.45. The largest absolute Gasteiger partial charge is 0.372 e. The fraction of sp³-hybridized carbons (Fsp3) is 0.458. The summed E-state index contributed by atoms with van der Waals surface area (Å²) in [7, 11) is 0. The van der Waals surface area contributed by atoms with Gasteiger partial charge in [0.2, 0.25) is 5.91 Å². The van der Waals surface area contributed by atoms with Gasteiger partial charge in [0.15, 0.2) is 0 Å². The molecule has 148 valence electrons. The fourth-order valence-corrected chi connectivity index (χ4v) is 4.40. The van der Waals surface area contributed by atoms with Crippen LogP contribution >= 0.6 is 0 Å². The van der Waals surface area contributed by atoms with E-state index in [-0.39, 0.29) is 11.8 Å². The van der Waals surface area contributed by atoms with E-state index in [2.05, 4.69) is 58.4 Å². The molecule has 2 aliphatic rings. The number of hydrogen-bond donors (Lipinski definition) is 1. The Bertz CT molecular complexity index is 788. The van der Waals surface area contributed by atoms with E-state index in [1.54, 1.807) is 0 Å². The van der Waals surface area contributed by atoms with Gasteiger partial charge < -0.3 is 10.2 Å². The molecule has 0 aliphatic carbocycles. The van der Waals surface area contributed by atoms with Gasteiger partial charge in [-0.3, -0.25) is 9.69 Å². The number of carbonyl (C=O) groups excluding carboxylic acids is 1. The highest BCUT2D eigenvalue weighted by atomic mass is 16.1. The first-order valence-corrected chi connectivity index (χ1v) is 10.6. The van der Waals surface area contributed by atoms with Gasteiger partial charge in [-0.05, 0) is 75.5 Å². The molecule has 1 amide bonds. The number of amides is 1. The molecule has 4 rings (SSSR count). The first kappa shape index (κ1) is 19.0. The third-order valence-corrected chi connectivity index (χ3v) is 6.05. The quantitative estimate of drug-likeness (QED) is 0.836. The molecule has 0 unspecified atom stereocenters. The van der Waals surface area contributed by atoms with Crippen molar-refractivity contribution in [3.05, 3.63) is 59.7 Å². The Morgan fingerprint density at radius 2 is 1.71 bits per heavy atom. The van der Waals surface area contributed by atoms with Gasteiger partial charge in [0.25, 0.3) is 0 Å². The van der Waals surface area contributed by atoms with Crippen LogP contribution in [0.1, 0.15) is 36.8 Å². The monoisotopic (exact) mass is 377 g/mol. The normalized spacial score (nSPS) is 18.4. The van der Waals surface area contributed by atoms with Crippen LogP contribution in [0, 0.1) is 12.8 Å². The molecule has 0 spiro atoms. The molecule has 0 radical (unpaired) electrons. The van der Waals surface area contributed by atoms with Crippen molar-refractivity contribution in [3.63, 3.8) is 0 Å². The minimum atomic E-state index is 0.118. The number of likely N-dealkylation sites (tertiary alicyclic amines) is 1. The van der Waals surface area contributed by atoms with Gasteiger partial charge in [-0.1, -0.05) is 29.8 Å². The van der Waals surface area contributed by atoms with E-state index in [1.165, 1.54) is 29.7 Å². The molecule has 0 saturated carbocycles. The average Bonchev–Trinajstić information content (AvgIpc) is 3.24. The van der Waals surface area contributed by atoms with Crippen LogP contribution in [0.15, 0.2) is 48.5 Å². The second-order valence-electron chi connectivity index (χ2n) is 8.27. The Morgan fingerprint density at radius 1 is 1.00 bits per heavy atom. The van der Waals surface area contributed by atoms with E-state index < -0.39 is 0 Å². The van der Waals surface area contributed by atoms with Crippen molar-refractivity contribution in [2.75, 3.05) is 36.4 Å². The van der Waals surface area contributed by atoms with Crippen LogP contribution in [0.3, 0.4) is 0 Å². The summed E-state index contributed by atoms with van der Waals surface area (Å²) >= 11 is 0. The van der Waals surface area contributed by atoms with Crippen molar-refractivity contribution in [2.45, 2.75) is 39.2 Å². The smallest absolute Gasteiger partial charge is 0.227 e. The van der Waals surface area contributed by atoms with Crippen LogP contribution in [0.2, 0.25) is 0 Å². The van der Waals surface area contributed by atoms with Crippen LogP contribution < -0.4 is 10.2 Å². The average molecular weight is 378 g/mol. The van der Waals surface area contributed by atoms with Gasteiger partial charge >= 0.3 is 0 Å². The maximum Gasteiger partial charge on any atom is 0.227 e. The molecular weight excluding hydrogens is 346 g/mol. The van der Waals surface area contributed by atoms with Gasteiger partial charge in [0.1, 0.15) is 0 Å². The van der Waals surface area contributed by atoms with E-state index in [0.717, 1.165) is 51.3 Å². The molecule has 2 aromatic carbocycles. The number of rotatable bonds is 5. The standard InChI is InChI=1S/C24H31N3O/c1-19-5-4-6-20(17-19)18-26-15-11-21(12-16-26)24(28)25-22-7-9-23(10-8-22)27-13-2-3-14-27/h4-10,17,21H,2-3,11-16,18H2,1H3,(H,25,28). The molecule has 2 heterocycles. The zero-order valence-electron chi connectivity index (χ0n) is 16.9. The highest BCUT2D eigenvalue weighted by Crippen LogP contribution is 2.24. The Labute approximate surface area is 168 Å². The van der Waals surface area contributed by atoms with Gasteiger partial charge in [0, 0.05) is 36.9 Å². The van der Waals surface area contributed by atoms with Gasteiger partial charge in [0.05, 0.1) is 0 Å². The summed E-state index contributed by atoms with van der Waals surface area (Å²) in [6.07, 6.45) is 4.43. The predicted molar refractivity (Wildman–Crippen MR) is 116 cm³/mol. The maximum absolute atomic E-state index is 12.7. The molecule has 4 nitrogen and oxygen atoms in total. The summed E-state index contributed by atoms with van der Waals surface area (Å²) < 4.78 is 0. The van der Waals surface area contributed by atoms with Crippen LogP contribution in [-0.4, -0.2) is 37.0 Å². The Kier molecular flexibility index (Phi) is 5.96. The first-order valence-electron chi connectivity index (χ1n) is 10.6. The van der Waals surface area contributed by atoms with E-state index in [9.17, 15) is 4.79 Å². The van der Waals surface area contributed by atoms with Gasteiger partial charge in [-0.2, -0.15) is 0 Å². The lowest BCUT2D eigenvalue weighted by atomic mass is 9.95. The van der Waals surface area contributed by atoms with Crippen LogP contribution in [-0.2, 0) is 11.3 Å². The van der Waals surface area contributed by atoms with Gasteiger partial charge in [-0.15, -0.1) is 0 Å². The number of piperidine rings is 1. The van der Waals surface area contributed by atoms with E-state index in [4.69, 9.17) is 0 Å².